The quantitative estimate of drug-likeness (QED) is 0.671. The molecule has 0 aliphatic rings. The van der Waals surface area contributed by atoms with Crippen molar-refractivity contribution in [3.8, 4) is 5.75 Å². The van der Waals surface area contributed by atoms with Gasteiger partial charge in [-0.15, -0.1) is 11.8 Å². The molecule has 0 amide bonds. The third kappa shape index (κ3) is 3.68. The molecule has 0 spiro atoms. The lowest BCUT2D eigenvalue weighted by Gasteiger charge is -2.06. The lowest BCUT2D eigenvalue weighted by atomic mass is 10.2. The largest absolute Gasteiger partial charge is 0.497 e. The van der Waals surface area contributed by atoms with Gasteiger partial charge in [0.05, 0.1) is 7.11 Å². The second-order valence-electron chi connectivity index (χ2n) is 3.86. The summed E-state index contributed by atoms with van der Waals surface area (Å²) in [6, 6.07) is 14.0. The number of nitrogens with two attached hydrogens (primary N) is 1. The number of hydrogen-bond donors (Lipinski definition) is 1. The molecule has 0 unspecified atom stereocenters. The molecular weight excluding hydrogens is 310 g/mol. The number of thioether (sulfide) groups is 1. The summed E-state index contributed by atoms with van der Waals surface area (Å²) in [5, 5.41) is 0. The molecule has 0 aliphatic carbocycles. The number of benzene rings is 2. The topological polar surface area (TPSA) is 35.2 Å². The standard InChI is InChI=1S/C14H14BrNOS/c1-17-13-3-2-4-14(8-13)18-9-10-5-11(15)7-12(16)6-10/h2-8H,9,16H2,1H3. The summed E-state index contributed by atoms with van der Waals surface area (Å²) in [5.74, 6) is 1.77. The van der Waals surface area contributed by atoms with Gasteiger partial charge >= 0.3 is 0 Å². The SMILES string of the molecule is COc1cccc(SCc2cc(N)cc(Br)c2)c1. The fourth-order valence-electron chi connectivity index (χ4n) is 1.62. The molecule has 2 nitrogen and oxygen atoms in total. The predicted molar refractivity (Wildman–Crippen MR) is 81.1 cm³/mol. The summed E-state index contributed by atoms with van der Waals surface area (Å²) in [5.41, 5.74) is 7.80. The Kier molecular flexibility index (Phi) is 4.55. The van der Waals surface area contributed by atoms with Crippen LogP contribution in [0.5, 0.6) is 5.75 Å². The smallest absolute Gasteiger partial charge is 0.119 e. The Hall–Kier alpha value is -1.13. The van der Waals surface area contributed by atoms with Gasteiger partial charge in [-0.1, -0.05) is 22.0 Å². The second kappa shape index (κ2) is 6.16. The Bertz CT molecular complexity index is 525. The summed E-state index contributed by atoms with van der Waals surface area (Å²) >= 11 is 5.22. The van der Waals surface area contributed by atoms with Crippen molar-refractivity contribution >= 4 is 33.4 Å². The second-order valence-corrected chi connectivity index (χ2v) is 5.82. The molecule has 2 aromatic rings. The van der Waals surface area contributed by atoms with Gasteiger partial charge in [-0.2, -0.15) is 0 Å². The van der Waals surface area contributed by atoms with Crippen LogP contribution < -0.4 is 10.5 Å². The molecule has 0 fully saturated rings. The number of anilines is 1. The predicted octanol–water partition coefficient (Wildman–Crippen LogP) is 4.33. The molecule has 2 aromatic carbocycles. The zero-order valence-electron chi connectivity index (χ0n) is 10.0. The molecule has 0 aliphatic heterocycles. The number of rotatable bonds is 4. The molecule has 2 N–H and O–H groups in total. The average Bonchev–Trinajstić information content (AvgIpc) is 2.35. The maximum Gasteiger partial charge on any atom is 0.119 e. The van der Waals surface area contributed by atoms with Crippen LogP contribution in [0.4, 0.5) is 5.69 Å². The van der Waals surface area contributed by atoms with Crippen molar-refractivity contribution in [3.05, 3.63) is 52.5 Å². The molecule has 0 radical (unpaired) electrons. The number of methoxy groups -OCH3 is 1. The van der Waals surface area contributed by atoms with E-state index < -0.39 is 0 Å². The van der Waals surface area contributed by atoms with Crippen LogP contribution in [0.3, 0.4) is 0 Å². The zero-order chi connectivity index (χ0) is 13.0. The van der Waals surface area contributed by atoms with Gasteiger partial charge in [0, 0.05) is 20.8 Å². The molecule has 0 bridgehead atoms. The van der Waals surface area contributed by atoms with E-state index in [1.54, 1.807) is 18.9 Å². The highest BCUT2D eigenvalue weighted by Gasteiger charge is 2.00. The summed E-state index contributed by atoms with van der Waals surface area (Å²) in [7, 11) is 1.68. The van der Waals surface area contributed by atoms with E-state index in [1.165, 1.54) is 10.5 Å². The van der Waals surface area contributed by atoms with Crippen molar-refractivity contribution in [2.24, 2.45) is 0 Å². The van der Waals surface area contributed by atoms with Gasteiger partial charge in [-0.3, -0.25) is 0 Å². The van der Waals surface area contributed by atoms with Crippen molar-refractivity contribution in [2.45, 2.75) is 10.6 Å². The van der Waals surface area contributed by atoms with Crippen LogP contribution in [0.25, 0.3) is 0 Å². The van der Waals surface area contributed by atoms with E-state index in [9.17, 15) is 0 Å². The summed E-state index contributed by atoms with van der Waals surface area (Å²) in [6.07, 6.45) is 0. The Morgan fingerprint density at radius 2 is 2.06 bits per heavy atom. The third-order valence-electron chi connectivity index (χ3n) is 2.43. The molecule has 0 saturated heterocycles. The highest BCUT2D eigenvalue weighted by atomic mass is 79.9. The van der Waals surface area contributed by atoms with E-state index in [2.05, 4.69) is 28.1 Å². The first-order valence-corrected chi connectivity index (χ1v) is 7.27. The molecular formula is C14H14BrNOS. The first kappa shape index (κ1) is 13.3. The van der Waals surface area contributed by atoms with Gasteiger partial charge in [0.15, 0.2) is 0 Å². The minimum absolute atomic E-state index is 0.783. The number of halogens is 1. The van der Waals surface area contributed by atoms with Gasteiger partial charge < -0.3 is 10.5 Å². The van der Waals surface area contributed by atoms with Gasteiger partial charge in [0.2, 0.25) is 0 Å². The van der Waals surface area contributed by atoms with Crippen molar-refractivity contribution in [1.82, 2.24) is 0 Å². The molecule has 0 saturated carbocycles. The maximum absolute atomic E-state index is 5.81. The lowest BCUT2D eigenvalue weighted by Crippen LogP contribution is -1.88. The monoisotopic (exact) mass is 323 g/mol. The highest BCUT2D eigenvalue weighted by Crippen LogP contribution is 2.28. The van der Waals surface area contributed by atoms with Crippen LogP contribution in [0.15, 0.2) is 51.8 Å². The molecule has 94 valence electrons. The number of ether oxygens (including phenoxy) is 1. The van der Waals surface area contributed by atoms with Crippen LogP contribution in [0.2, 0.25) is 0 Å². The lowest BCUT2D eigenvalue weighted by molar-refractivity contribution is 0.413. The van der Waals surface area contributed by atoms with E-state index >= 15 is 0 Å². The van der Waals surface area contributed by atoms with Crippen molar-refractivity contribution in [3.63, 3.8) is 0 Å². The molecule has 4 heteroatoms. The van der Waals surface area contributed by atoms with E-state index in [4.69, 9.17) is 10.5 Å². The molecule has 0 atom stereocenters. The molecule has 2 rings (SSSR count). The van der Waals surface area contributed by atoms with E-state index in [0.29, 0.717) is 0 Å². The first-order valence-electron chi connectivity index (χ1n) is 5.49. The summed E-state index contributed by atoms with van der Waals surface area (Å²) in [4.78, 5) is 1.19. The molecule has 0 aromatic heterocycles. The normalized spacial score (nSPS) is 10.3. The van der Waals surface area contributed by atoms with E-state index in [0.717, 1.165) is 21.7 Å². The van der Waals surface area contributed by atoms with Crippen LogP contribution in [0.1, 0.15) is 5.56 Å². The fourth-order valence-corrected chi connectivity index (χ4v) is 3.05. The summed E-state index contributed by atoms with van der Waals surface area (Å²) in [6.45, 7) is 0. The van der Waals surface area contributed by atoms with Gasteiger partial charge in [0.1, 0.15) is 5.75 Å². The van der Waals surface area contributed by atoms with Crippen molar-refractivity contribution in [1.29, 1.82) is 0 Å². The van der Waals surface area contributed by atoms with Crippen molar-refractivity contribution < 1.29 is 4.74 Å². The van der Waals surface area contributed by atoms with Crippen molar-refractivity contribution in [2.75, 3.05) is 12.8 Å². The molecule has 18 heavy (non-hydrogen) atoms. The fraction of sp³-hybridized carbons (Fsp3) is 0.143. The van der Waals surface area contributed by atoms with Gasteiger partial charge in [-0.25, -0.2) is 0 Å². The van der Waals surface area contributed by atoms with Gasteiger partial charge in [0.25, 0.3) is 0 Å². The Balaban J connectivity index is 2.06. The Labute approximate surface area is 120 Å². The average molecular weight is 324 g/mol. The minimum atomic E-state index is 0.783. The Morgan fingerprint density at radius 1 is 1.22 bits per heavy atom. The van der Waals surface area contributed by atoms with E-state index in [-0.39, 0.29) is 0 Å². The minimum Gasteiger partial charge on any atom is -0.497 e. The molecule has 0 heterocycles. The highest BCUT2D eigenvalue weighted by molar-refractivity contribution is 9.10. The van der Waals surface area contributed by atoms with Crippen LogP contribution in [-0.4, -0.2) is 7.11 Å². The van der Waals surface area contributed by atoms with Crippen LogP contribution in [-0.2, 0) is 5.75 Å². The third-order valence-corrected chi connectivity index (χ3v) is 3.95. The summed E-state index contributed by atoms with van der Waals surface area (Å²) < 4.78 is 6.22. The van der Waals surface area contributed by atoms with Gasteiger partial charge in [-0.05, 0) is 42.0 Å². The number of hydrogen-bond acceptors (Lipinski definition) is 3. The number of nitrogen functional groups attached to an aromatic ring is 1. The maximum atomic E-state index is 5.81. The van der Waals surface area contributed by atoms with E-state index in [1.807, 2.05) is 30.3 Å². The van der Waals surface area contributed by atoms with Crippen LogP contribution in [0, 0.1) is 0 Å². The van der Waals surface area contributed by atoms with Crippen LogP contribution >= 0.6 is 27.7 Å². The zero-order valence-corrected chi connectivity index (χ0v) is 12.4. The first-order chi connectivity index (χ1) is 8.67. The Morgan fingerprint density at radius 3 is 2.78 bits per heavy atom.